The molecule has 0 unspecified atom stereocenters. The molecule has 1 heteroatoms. The van der Waals surface area contributed by atoms with Crippen LogP contribution in [-0.2, 0) is 0 Å². The van der Waals surface area contributed by atoms with Crippen LogP contribution in [0, 0.1) is 6.92 Å². The Morgan fingerprint density at radius 1 is 1.67 bits per heavy atom. The maximum Gasteiger partial charge on any atom is 0.00683 e. The smallest absolute Gasteiger partial charge is 0.00683 e. The van der Waals surface area contributed by atoms with E-state index in [0.717, 1.165) is 6.04 Å². The third kappa shape index (κ3) is 0.977. The minimum Gasteiger partial charge on any atom is -0.314 e. The van der Waals surface area contributed by atoms with Crippen molar-refractivity contribution >= 4 is 0 Å². The molecule has 1 aliphatic carbocycles. The third-order valence-electron chi connectivity index (χ3n) is 0.984. The second kappa shape index (κ2) is 1.61. The van der Waals surface area contributed by atoms with E-state index in [0.29, 0.717) is 6.54 Å². The normalized spacial score (nSPS) is 21.5. The Morgan fingerprint density at radius 3 is 2.50 bits per heavy atom. The van der Waals surface area contributed by atoms with Crippen LogP contribution in [0.5, 0.6) is 0 Å². The third-order valence-corrected chi connectivity index (χ3v) is 0.984. The molecule has 1 nitrogen and oxygen atoms in total. The number of rotatable bonds is 2. The van der Waals surface area contributed by atoms with Crippen LogP contribution in [0.3, 0.4) is 0 Å². The minimum atomic E-state index is 0.644. The van der Waals surface area contributed by atoms with Crippen molar-refractivity contribution in [2.45, 2.75) is 18.9 Å². The standard InChI is InChI=1S/C5H9N/c1-2-6-5-3-4-5/h1,5-6H,2-4H2. The van der Waals surface area contributed by atoms with Gasteiger partial charge in [-0.2, -0.15) is 0 Å². The summed E-state index contributed by atoms with van der Waals surface area (Å²) in [5.74, 6) is 0. The van der Waals surface area contributed by atoms with Crippen LogP contribution in [0.2, 0.25) is 0 Å². The van der Waals surface area contributed by atoms with E-state index in [2.05, 4.69) is 5.32 Å². The molecule has 0 saturated heterocycles. The first-order chi connectivity index (χ1) is 2.93. The highest BCUT2D eigenvalue weighted by molar-refractivity contribution is 4.80. The first-order valence-corrected chi connectivity index (χ1v) is 2.37. The number of hydrogen-bond acceptors (Lipinski definition) is 1. The van der Waals surface area contributed by atoms with Gasteiger partial charge in [-0.15, -0.1) is 0 Å². The van der Waals surface area contributed by atoms with Gasteiger partial charge in [-0.05, 0) is 26.3 Å². The zero-order valence-corrected chi connectivity index (χ0v) is 3.78. The van der Waals surface area contributed by atoms with E-state index >= 15 is 0 Å². The molecular weight excluding hydrogens is 74.1 g/mol. The summed E-state index contributed by atoms with van der Waals surface area (Å²) < 4.78 is 0. The van der Waals surface area contributed by atoms with E-state index in [4.69, 9.17) is 6.92 Å². The topological polar surface area (TPSA) is 12.0 Å². The van der Waals surface area contributed by atoms with Gasteiger partial charge >= 0.3 is 0 Å². The molecule has 1 saturated carbocycles. The van der Waals surface area contributed by atoms with E-state index in [1.54, 1.807) is 0 Å². The van der Waals surface area contributed by atoms with Crippen LogP contribution in [0.4, 0.5) is 0 Å². The summed E-state index contributed by atoms with van der Waals surface area (Å²) in [7, 11) is 0. The zero-order chi connectivity index (χ0) is 4.41. The molecular formula is C5H9N. The molecule has 6 heavy (non-hydrogen) atoms. The maximum absolute atomic E-state index is 5.16. The molecule has 0 spiro atoms. The molecule has 0 aromatic carbocycles. The monoisotopic (exact) mass is 83.1 g/mol. The molecule has 1 N–H and O–H groups in total. The summed E-state index contributed by atoms with van der Waals surface area (Å²) in [4.78, 5) is 0. The fourth-order valence-electron chi connectivity index (χ4n) is 0.454. The second-order valence-electron chi connectivity index (χ2n) is 1.68. The maximum atomic E-state index is 5.16. The van der Waals surface area contributed by atoms with Crippen molar-refractivity contribution in [2.24, 2.45) is 0 Å². The molecule has 0 aromatic heterocycles. The molecule has 0 amide bonds. The summed E-state index contributed by atoms with van der Waals surface area (Å²) in [6, 6.07) is 0.773. The second-order valence-corrected chi connectivity index (χ2v) is 1.68. The Balaban J connectivity index is 1.88. The summed E-state index contributed by atoms with van der Waals surface area (Å²) in [6.45, 7) is 5.80. The van der Waals surface area contributed by atoms with Crippen LogP contribution in [0.25, 0.3) is 0 Å². The highest BCUT2D eigenvalue weighted by Gasteiger charge is 2.18. The lowest BCUT2D eigenvalue weighted by Crippen LogP contribution is -2.14. The lowest BCUT2D eigenvalue weighted by molar-refractivity contribution is 0.752. The summed E-state index contributed by atoms with van der Waals surface area (Å²) in [6.07, 6.45) is 2.66. The van der Waals surface area contributed by atoms with Crippen molar-refractivity contribution in [2.75, 3.05) is 6.54 Å². The van der Waals surface area contributed by atoms with Gasteiger partial charge in [-0.3, -0.25) is 0 Å². The van der Waals surface area contributed by atoms with Crippen LogP contribution in [0.15, 0.2) is 0 Å². The lowest BCUT2D eigenvalue weighted by atomic mass is 10.6. The van der Waals surface area contributed by atoms with Gasteiger partial charge in [0.25, 0.3) is 0 Å². The van der Waals surface area contributed by atoms with Crippen LogP contribution in [-0.4, -0.2) is 12.6 Å². The van der Waals surface area contributed by atoms with Gasteiger partial charge in [0.2, 0.25) is 0 Å². The highest BCUT2D eigenvalue weighted by Crippen LogP contribution is 2.17. The van der Waals surface area contributed by atoms with E-state index in [-0.39, 0.29) is 0 Å². The lowest BCUT2D eigenvalue weighted by Gasteiger charge is -1.89. The molecule has 0 aliphatic heterocycles. The Bertz CT molecular complexity index is 39.2. The van der Waals surface area contributed by atoms with Crippen LogP contribution >= 0.6 is 0 Å². The van der Waals surface area contributed by atoms with E-state index in [1.165, 1.54) is 12.8 Å². The molecule has 2 radical (unpaired) electrons. The first kappa shape index (κ1) is 4.13. The van der Waals surface area contributed by atoms with Crippen molar-refractivity contribution in [1.29, 1.82) is 0 Å². The molecule has 0 bridgehead atoms. The summed E-state index contributed by atoms with van der Waals surface area (Å²) in [5, 5.41) is 3.10. The van der Waals surface area contributed by atoms with Gasteiger partial charge in [0.05, 0.1) is 0 Å². The van der Waals surface area contributed by atoms with E-state index in [1.807, 2.05) is 0 Å². The summed E-state index contributed by atoms with van der Waals surface area (Å²) in [5.41, 5.74) is 0. The number of nitrogens with one attached hydrogen (secondary N) is 1. The van der Waals surface area contributed by atoms with Crippen molar-refractivity contribution in [3.63, 3.8) is 0 Å². The molecule has 0 aromatic rings. The van der Waals surface area contributed by atoms with Crippen molar-refractivity contribution < 1.29 is 0 Å². The largest absolute Gasteiger partial charge is 0.314 e. The van der Waals surface area contributed by atoms with Gasteiger partial charge in [0.15, 0.2) is 0 Å². The van der Waals surface area contributed by atoms with Crippen molar-refractivity contribution in [1.82, 2.24) is 5.32 Å². The molecule has 1 rings (SSSR count). The zero-order valence-electron chi connectivity index (χ0n) is 3.78. The average molecular weight is 83.1 g/mol. The molecule has 1 aliphatic rings. The molecule has 1 fully saturated rings. The Labute approximate surface area is 38.7 Å². The van der Waals surface area contributed by atoms with E-state index in [9.17, 15) is 0 Å². The Morgan fingerprint density at radius 2 is 2.33 bits per heavy atom. The Hall–Kier alpha value is -0.0400. The predicted molar refractivity (Wildman–Crippen MR) is 25.3 cm³/mol. The highest BCUT2D eigenvalue weighted by atomic mass is 14.9. The van der Waals surface area contributed by atoms with Crippen molar-refractivity contribution in [3.05, 3.63) is 6.92 Å². The molecule has 34 valence electrons. The first-order valence-electron chi connectivity index (χ1n) is 2.37. The van der Waals surface area contributed by atoms with E-state index < -0.39 is 0 Å². The van der Waals surface area contributed by atoms with Crippen LogP contribution < -0.4 is 5.32 Å². The quantitative estimate of drug-likeness (QED) is 0.511. The van der Waals surface area contributed by atoms with Gasteiger partial charge in [0.1, 0.15) is 0 Å². The molecule has 0 atom stereocenters. The van der Waals surface area contributed by atoms with Gasteiger partial charge < -0.3 is 5.32 Å². The minimum absolute atomic E-state index is 0.644. The summed E-state index contributed by atoms with van der Waals surface area (Å²) >= 11 is 0. The van der Waals surface area contributed by atoms with Gasteiger partial charge in [-0.25, -0.2) is 0 Å². The number of hydrogen-bond donors (Lipinski definition) is 1. The Kier molecular flexibility index (Phi) is 1.10. The van der Waals surface area contributed by atoms with Crippen LogP contribution in [0.1, 0.15) is 12.8 Å². The van der Waals surface area contributed by atoms with Crippen molar-refractivity contribution in [3.8, 4) is 0 Å². The fraction of sp³-hybridized carbons (Fsp3) is 0.800. The average Bonchev–Trinajstić information content (AvgIpc) is 2.21. The molecule has 0 heterocycles. The predicted octanol–water partition coefficient (Wildman–Crippen LogP) is 0.449. The van der Waals surface area contributed by atoms with Gasteiger partial charge in [-0.1, -0.05) is 0 Å². The fourth-order valence-corrected chi connectivity index (χ4v) is 0.454. The SMILES string of the molecule is [CH]CNC1CC1. The van der Waals surface area contributed by atoms with Gasteiger partial charge in [0, 0.05) is 6.04 Å².